The fraction of sp³-hybridized carbons (Fsp3) is 0.238. The van der Waals surface area contributed by atoms with Crippen LogP contribution >= 0.6 is 15.9 Å². The van der Waals surface area contributed by atoms with Crippen LogP contribution in [0.1, 0.15) is 40.4 Å². The third kappa shape index (κ3) is 3.43. The quantitative estimate of drug-likeness (QED) is 0.392. The van der Waals surface area contributed by atoms with Gasteiger partial charge in [0.1, 0.15) is 17.2 Å². The minimum absolute atomic E-state index is 0.158. The van der Waals surface area contributed by atoms with Gasteiger partial charge in [-0.2, -0.15) is 0 Å². The Bertz CT molecular complexity index is 1020. The number of esters is 1. The van der Waals surface area contributed by atoms with Crippen molar-refractivity contribution < 1.29 is 28.5 Å². The molecule has 144 valence electrons. The third-order valence-corrected chi connectivity index (χ3v) is 4.91. The van der Waals surface area contributed by atoms with Crippen LogP contribution in [0.3, 0.4) is 0 Å². The number of carbonyl (C=O) groups is 2. The van der Waals surface area contributed by atoms with Gasteiger partial charge in [0.15, 0.2) is 12.6 Å². The van der Waals surface area contributed by atoms with E-state index in [1.807, 2.05) is 12.1 Å². The highest BCUT2D eigenvalue weighted by molar-refractivity contribution is 9.10. The molecule has 2 aliphatic rings. The lowest BCUT2D eigenvalue weighted by Gasteiger charge is -2.20. The first-order chi connectivity index (χ1) is 13.5. The second-order valence-electron chi connectivity index (χ2n) is 6.47. The Morgan fingerprint density at radius 2 is 2.11 bits per heavy atom. The van der Waals surface area contributed by atoms with Gasteiger partial charge in [0.05, 0.1) is 12.2 Å². The number of aryl methyl sites for hydroxylation is 1. The monoisotopic (exact) mass is 444 g/mol. The summed E-state index contributed by atoms with van der Waals surface area (Å²) in [6.45, 7) is 4.10. The van der Waals surface area contributed by atoms with Crippen molar-refractivity contribution in [3.63, 3.8) is 0 Å². The molecule has 0 spiro atoms. The summed E-state index contributed by atoms with van der Waals surface area (Å²) in [7, 11) is 0. The van der Waals surface area contributed by atoms with Gasteiger partial charge in [-0.3, -0.25) is 9.59 Å². The molecule has 0 radical (unpaired) electrons. The van der Waals surface area contributed by atoms with Crippen molar-refractivity contribution in [1.82, 2.24) is 0 Å². The van der Waals surface area contributed by atoms with Crippen molar-refractivity contribution in [1.29, 1.82) is 0 Å². The molecule has 2 heterocycles. The molecule has 0 bridgehead atoms. The number of hydrogen-bond donors (Lipinski definition) is 0. The summed E-state index contributed by atoms with van der Waals surface area (Å²) in [6, 6.07) is 7.01. The van der Waals surface area contributed by atoms with E-state index in [-0.39, 0.29) is 30.7 Å². The van der Waals surface area contributed by atoms with E-state index in [0.717, 1.165) is 15.6 Å². The largest absolute Gasteiger partial charge is 0.467 e. The summed E-state index contributed by atoms with van der Waals surface area (Å²) < 4.78 is 22.8. The minimum Gasteiger partial charge on any atom is -0.467 e. The number of ketones is 1. The summed E-state index contributed by atoms with van der Waals surface area (Å²) in [5.41, 5.74) is 2.76. The van der Waals surface area contributed by atoms with Gasteiger partial charge >= 0.3 is 5.97 Å². The number of Topliss-reactive ketones (excluding diaryl/α,β-unsaturated/α-hetero) is 1. The van der Waals surface area contributed by atoms with Crippen molar-refractivity contribution in [2.45, 2.75) is 26.9 Å². The highest BCUT2D eigenvalue weighted by Gasteiger charge is 2.31. The molecule has 0 amide bonds. The maximum absolute atomic E-state index is 12.9. The van der Waals surface area contributed by atoms with Crippen LogP contribution in [0, 0.1) is 6.92 Å². The van der Waals surface area contributed by atoms with Crippen molar-refractivity contribution in [3.05, 3.63) is 56.8 Å². The van der Waals surface area contributed by atoms with Gasteiger partial charge in [-0.25, -0.2) is 0 Å². The maximum Gasteiger partial charge on any atom is 0.310 e. The lowest BCUT2D eigenvalue weighted by Crippen LogP contribution is -2.12. The van der Waals surface area contributed by atoms with E-state index in [9.17, 15) is 9.59 Å². The average molecular weight is 445 g/mol. The van der Waals surface area contributed by atoms with Gasteiger partial charge in [-0.15, -0.1) is 0 Å². The molecule has 0 saturated heterocycles. The number of halogens is 1. The van der Waals surface area contributed by atoms with E-state index in [4.69, 9.17) is 18.9 Å². The van der Waals surface area contributed by atoms with E-state index in [0.29, 0.717) is 35.0 Å². The van der Waals surface area contributed by atoms with Crippen LogP contribution in [0.4, 0.5) is 0 Å². The number of fused-ring (bicyclic) bond motifs is 2. The van der Waals surface area contributed by atoms with Gasteiger partial charge in [-0.05, 0) is 36.8 Å². The van der Waals surface area contributed by atoms with Gasteiger partial charge in [0, 0.05) is 28.1 Å². The number of rotatable bonds is 3. The normalized spacial score (nSPS) is 16.2. The van der Waals surface area contributed by atoms with E-state index in [1.165, 1.54) is 0 Å². The predicted octanol–water partition coefficient (Wildman–Crippen LogP) is 4.56. The van der Waals surface area contributed by atoms with Crippen LogP contribution < -0.4 is 14.2 Å². The Kier molecular flexibility index (Phi) is 4.95. The molecule has 0 fully saturated rings. The molecule has 7 heteroatoms. The van der Waals surface area contributed by atoms with Crippen molar-refractivity contribution >= 4 is 33.8 Å². The molecular formula is C21H17BrO6. The SMILES string of the molecule is CCC(=O)Oc1cc(C)c2c(c1)O/C(=C\c1cc(Br)cc3c1OCOC3)C2=O. The molecule has 0 saturated carbocycles. The average Bonchev–Trinajstić information content (AvgIpc) is 2.97. The Morgan fingerprint density at radius 3 is 2.89 bits per heavy atom. The lowest BCUT2D eigenvalue weighted by molar-refractivity contribution is -0.134. The van der Waals surface area contributed by atoms with E-state index in [1.54, 1.807) is 32.1 Å². The summed E-state index contributed by atoms with van der Waals surface area (Å²) in [6.07, 6.45) is 1.92. The van der Waals surface area contributed by atoms with Gasteiger partial charge in [0.2, 0.25) is 5.78 Å². The summed E-state index contributed by atoms with van der Waals surface area (Å²) in [5, 5.41) is 0. The first-order valence-corrected chi connectivity index (χ1v) is 9.58. The predicted molar refractivity (Wildman–Crippen MR) is 104 cm³/mol. The first-order valence-electron chi connectivity index (χ1n) is 8.78. The lowest BCUT2D eigenvalue weighted by atomic mass is 10.0. The molecule has 0 aromatic heterocycles. The molecule has 4 rings (SSSR count). The summed E-state index contributed by atoms with van der Waals surface area (Å²) in [4.78, 5) is 24.4. The first kappa shape index (κ1) is 18.7. The van der Waals surface area contributed by atoms with Crippen LogP contribution in [0.25, 0.3) is 6.08 Å². The Balaban J connectivity index is 1.71. The summed E-state index contributed by atoms with van der Waals surface area (Å²) in [5.74, 6) is 1.03. The zero-order valence-electron chi connectivity index (χ0n) is 15.3. The number of allylic oxidation sites excluding steroid dienone is 1. The third-order valence-electron chi connectivity index (χ3n) is 4.45. The highest BCUT2D eigenvalue weighted by atomic mass is 79.9. The fourth-order valence-electron chi connectivity index (χ4n) is 3.20. The zero-order valence-corrected chi connectivity index (χ0v) is 16.9. The zero-order chi connectivity index (χ0) is 19.8. The second-order valence-corrected chi connectivity index (χ2v) is 7.39. The van der Waals surface area contributed by atoms with Crippen LogP contribution in [0.2, 0.25) is 0 Å². The van der Waals surface area contributed by atoms with Crippen LogP contribution in [-0.4, -0.2) is 18.5 Å². The van der Waals surface area contributed by atoms with Crippen molar-refractivity contribution in [3.8, 4) is 17.2 Å². The number of carbonyl (C=O) groups excluding carboxylic acids is 2. The molecule has 2 aromatic rings. The van der Waals surface area contributed by atoms with E-state index >= 15 is 0 Å². The summed E-state index contributed by atoms with van der Waals surface area (Å²) >= 11 is 3.47. The highest BCUT2D eigenvalue weighted by Crippen LogP contribution is 2.39. The molecule has 0 atom stereocenters. The fourth-order valence-corrected chi connectivity index (χ4v) is 3.72. The molecule has 2 aromatic carbocycles. The topological polar surface area (TPSA) is 71.1 Å². The van der Waals surface area contributed by atoms with Crippen LogP contribution in [-0.2, 0) is 16.1 Å². The van der Waals surface area contributed by atoms with Gasteiger partial charge in [-0.1, -0.05) is 22.9 Å². The van der Waals surface area contributed by atoms with Crippen LogP contribution in [0.5, 0.6) is 17.2 Å². The number of benzene rings is 2. The number of ether oxygens (including phenoxy) is 4. The molecule has 0 N–H and O–H groups in total. The number of hydrogen-bond acceptors (Lipinski definition) is 6. The molecule has 2 aliphatic heterocycles. The van der Waals surface area contributed by atoms with Crippen molar-refractivity contribution in [2.24, 2.45) is 0 Å². The smallest absolute Gasteiger partial charge is 0.310 e. The molecule has 6 nitrogen and oxygen atoms in total. The molecule has 28 heavy (non-hydrogen) atoms. The standard InChI is InChI=1S/C21H17BrO6/c1-3-18(23)27-15-4-11(2)19-16(8-15)28-17(20(19)24)7-12-5-14(22)6-13-9-25-10-26-21(12)13/h4-8H,3,9-10H2,1-2H3/b17-7-. The molecular weight excluding hydrogens is 428 g/mol. The maximum atomic E-state index is 12.9. The van der Waals surface area contributed by atoms with Crippen molar-refractivity contribution in [2.75, 3.05) is 6.79 Å². The Hall–Kier alpha value is -2.64. The Labute approximate surface area is 170 Å². The van der Waals surface area contributed by atoms with E-state index in [2.05, 4.69) is 15.9 Å². The Morgan fingerprint density at radius 1 is 1.29 bits per heavy atom. The van der Waals surface area contributed by atoms with Gasteiger partial charge in [0.25, 0.3) is 0 Å². The van der Waals surface area contributed by atoms with E-state index < -0.39 is 0 Å². The van der Waals surface area contributed by atoms with Gasteiger partial charge < -0.3 is 18.9 Å². The minimum atomic E-state index is -0.348. The second kappa shape index (κ2) is 7.41. The molecule has 0 unspecified atom stereocenters. The molecule has 0 aliphatic carbocycles. The van der Waals surface area contributed by atoms with Crippen LogP contribution in [0.15, 0.2) is 34.5 Å².